The molecule has 18 heteroatoms. The molecule has 0 saturated carbocycles. The van der Waals surface area contributed by atoms with Gasteiger partial charge in [0.15, 0.2) is 23.0 Å². The molecule has 0 saturated heterocycles. The molecule has 0 bridgehead atoms. The number of nitriles is 1. The molecule has 0 fully saturated rings. The van der Waals surface area contributed by atoms with Crippen molar-refractivity contribution in [2.24, 2.45) is 0 Å². The fourth-order valence-corrected chi connectivity index (χ4v) is 6.48. The predicted octanol–water partition coefficient (Wildman–Crippen LogP) is 6.96. The monoisotopic (exact) mass is 891 g/mol. The highest BCUT2D eigenvalue weighted by Crippen LogP contribution is 2.40. The molecule has 0 aliphatic heterocycles. The van der Waals surface area contributed by atoms with Crippen molar-refractivity contribution in [1.29, 1.82) is 5.26 Å². The first-order valence-corrected chi connectivity index (χ1v) is 19.8. The number of carboxylic acids is 1. The zero-order valence-corrected chi connectivity index (χ0v) is 35.2. The minimum Gasteiger partial charge on any atom is -0.504 e. The number of nitrogens with zero attached hydrogens (tertiary/aromatic N) is 1. The summed E-state index contributed by atoms with van der Waals surface area (Å²) in [5, 5.41) is 55.6. The van der Waals surface area contributed by atoms with Crippen molar-refractivity contribution in [3.63, 3.8) is 0 Å². The van der Waals surface area contributed by atoms with Crippen molar-refractivity contribution in [2.75, 3.05) is 35.5 Å². The molecule has 0 unspecified atom stereocenters. The summed E-state index contributed by atoms with van der Waals surface area (Å²) in [6.45, 7) is 0.287. The number of amides is 6. The van der Waals surface area contributed by atoms with Gasteiger partial charge in [-0.05, 0) is 89.5 Å². The number of aromatic hydroxyl groups is 2. The van der Waals surface area contributed by atoms with Crippen LogP contribution >= 0.6 is 0 Å². The molecule has 334 valence electrons. The summed E-state index contributed by atoms with van der Waals surface area (Å²) in [6.07, 6.45) is -0.361. The molecule has 6 aromatic rings. The topological polar surface area (TPSA) is 278 Å². The number of carbonyl (C=O) groups excluding carboxylic acids is 5. The van der Waals surface area contributed by atoms with Gasteiger partial charge in [-0.15, -0.1) is 0 Å². The molecular weight excluding hydrogens is 851 g/mol. The minimum atomic E-state index is -1.42. The van der Waals surface area contributed by atoms with Crippen LogP contribution in [0.4, 0.5) is 27.5 Å². The van der Waals surface area contributed by atoms with Gasteiger partial charge >= 0.3 is 12.0 Å². The molecule has 18 nitrogen and oxygen atoms in total. The predicted molar refractivity (Wildman–Crippen MR) is 243 cm³/mol. The van der Waals surface area contributed by atoms with Crippen LogP contribution in [0.15, 0.2) is 127 Å². The van der Waals surface area contributed by atoms with E-state index in [4.69, 9.17) is 9.47 Å². The Labute approximate surface area is 376 Å². The number of aromatic carboxylic acids is 1. The van der Waals surface area contributed by atoms with Crippen molar-refractivity contribution in [1.82, 2.24) is 10.6 Å². The van der Waals surface area contributed by atoms with Crippen LogP contribution in [0.1, 0.15) is 53.4 Å². The maximum atomic E-state index is 13.2. The highest BCUT2D eigenvalue weighted by atomic mass is 16.5. The number of phenolic OH excluding ortho intramolecular Hbond substituents is 1. The van der Waals surface area contributed by atoms with Gasteiger partial charge in [-0.2, -0.15) is 5.26 Å². The number of hydrogen-bond acceptors (Lipinski definition) is 11. The van der Waals surface area contributed by atoms with E-state index in [-0.39, 0.29) is 58.2 Å². The third-order valence-electron chi connectivity index (χ3n) is 9.89. The van der Waals surface area contributed by atoms with Crippen molar-refractivity contribution < 1.29 is 53.6 Å². The lowest BCUT2D eigenvalue weighted by Gasteiger charge is -2.17. The number of anilines is 4. The van der Waals surface area contributed by atoms with E-state index < -0.39 is 58.7 Å². The molecule has 0 spiro atoms. The zero-order valence-electron chi connectivity index (χ0n) is 35.2. The maximum absolute atomic E-state index is 13.2. The second kappa shape index (κ2) is 21.1. The van der Waals surface area contributed by atoms with E-state index in [1.165, 1.54) is 73.8 Å². The summed E-state index contributed by atoms with van der Waals surface area (Å²) in [5.41, 5.74) is 3.10. The zero-order chi connectivity index (χ0) is 47.3. The van der Waals surface area contributed by atoms with Gasteiger partial charge in [0, 0.05) is 29.0 Å². The second-order valence-corrected chi connectivity index (χ2v) is 14.2. The SMILES string of the molecule is COc1c(NC(=O)c2ccc(NC(=O)c3ccc(NC(=O)[C@H](CC#N)NC(=O)c4ccc(NC(=O)NCc5ccc(-c6ccccc6)cc5)cc4)cc3)c(OC)c2O)ccc(C(=O)O)c1O. The highest BCUT2D eigenvalue weighted by molar-refractivity contribution is 6.10. The lowest BCUT2D eigenvalue weighted by Crippen LogP contribution is -2.43. The average molecular weight is 892 g/mol. The third-order valence-corrected chi connectivity index (χ3v) is 9.89. The number of ether oxygens (including phenoxy) is 2. The van der Waals surface area contributed by atoms with Crippen molar-refractivity contribution in [2.45, 2.75) is 19.0 Å². The Balaban J connectivity index is 1.00. The number of hydrogen-bond donors (Lipinski definition) is 9. The summed E-state index contributed by atoms with van der Waals surface area (Å²) < 4.78 is 10.4. The van der Waals surface area contributed by atoms with Crippen LogP contribution in [0.25, 0.3) is 11.1 Å². The fourth-order valence-electron chi connectivity index (χ4n) is 6.48. The highest BCUT2D eigenvalue weighted by Gasteiger charge is 2.25. The van der Waals surface area contributed by atoms with E-state index in [0.29, 0.717) is 5.69 Å². The molecule has 0 radical (unpaired) electrons. The summed E-state index contributed by atoms with van der Waals surface area (Å²) in [7, 11) is 2.36. The van der Waals surface area contributed by atoms with E-state index in [1.807, 2.05) is 60.7 Å². The first kappa shape index (κ1) is 46.1. The molecule has 9 N–H and O–H groups in total. The number of urea groups is 1. The Hall–Kier alpha value is -9.37. The molecule has 0 aromatic heterocycles. The van der Waals surface area contributed by atoms with Crippen LogP contribution in [-0.2, 0) is 11.3 Å². The van der Waals surface area contributed by atoms with E-state index in [0.717, 1.165) is 29.9 Å². The van der Waals surface area contributed by atoms with Crippen LogP contribution in [0.2, 0.25) is 0 Å². The normalized spacial score (nSPS) is 10.9. The van der Waals surface area contributed by atoms with Crippen LogP contribution < -0.4 is 41.4 Å². The van der Waals surface area contributed by atoms with E-state index in [9.17, 15) is 49.3 Å². The standard InChI is InChI=1S/C48H41N7O11/c1-65-41-36(22-20-34(39(41)56)45(60)54-37-23-21-35(47(62)63)40(57)42(37)66-2)53-43(58)30-12-16-32(17-13-30)51-46(61)38(24-25-49)55-44(59)31-14-18-33(19-15-31)52-48(64)50-26-27-8-10-29(11-9-27)28-6-4-3-5-7-28/h3-23,38,56-57H,24,26H2,1-2H3,(H,51,61)(H,53,58)(H,54,60)(H,55,59)(H,62,63)(H2,50,52,64)/t38-/m0/s1. The summed E-state index contributed by atoms with van der Waals surface area (Å²) >= 11 is 0. The van der Waals surface area contributed by atoms with Gasteiger partial charge < -0.3 is 56.7 Å². The Morgan fingerprint density at radius 3 is 1.67 bits per heavy atom. The largest absolute Gasteiger partial charge is 0.504 e. The number of methoxy groups -OCH3 is 2. The second-order valence-electron chi connectivity index (χ2n) is 14.2. The van der Waals surface area contributed by atoms with Gasteiger partial charge in [-0.1, -0.05) is 54.6 Å². The molecule has 0 aliphatic rings. The van der Waals surface area contributed by atoms with Gasteiger partial charge in [0.2, 0.25) is 5.91 Å². The van der Waals surface area contributed by atoms with Gasteiger partial charge in [-0.3, -0.25) is 19.2 Å². The molecular formula is C48H41N7O11. The molecule has 6 amide bonds. The minimum absolute atomic E-state index is 0.0154. The molecule has 6 aromatic carbocycles. The average Bonchev–Trinajstić information content (AvgIpc) is 3.31. The van der Waals surface area contributed by atoms with Gasteiger partial charge in [0.1, 0.15) is 11.6 Å². The molecule has 1 atom stereocenters. The first-order valence-electron chi connectivity index (χ1n) is 19.8. The Bertz CT molecular complexity index is 2830. The van der Waals surface area contributed by atoms with Crippen molar-refractivity contribution in [3.05, 3.63) is 155 Å². The number of benzene rings is 6. The van der Waals surface area contributed by atoms with Crippen LogP contribution in [0.3, 0.4) is 0 Å². The Kier molecular flexibility index (Phi) is 14.8. The fraction of sp³-hybridized carbons (Fsp3) is 0.104. The molecule has 0 aliphatic carbocycles. The quantitative estimate of drug-likeness (QED) is 0.0477. The third kappa shape index (κ3) is 11.2. The summed E-state index contributed by atoms with van der Waals surface area (Å²) in [4.78, 5) is 76.6. The lowest BCUT2D eigenvalue weighted by molar-refractivity contribution is -0.117. The number of carboxylic acid groups (broad SMARTS) is 1. The number of rotatable bonds is 16. The first-order chi connectivity index (χ1) is 31.8. The maximum Gasteiger partial charge on any atom is 0.339 e. The summed E-state index contributed by atoms with van der Waals surface area (Å²) in [6, 6.07) is 34.2. The number of nitrogens with one attached hydrogen (secondary N) is 6. The summed E-state index contributed by atoms with van der Waals surface area (Å²) in [5.74, 6) is -6.29. The van der Waals surface area contributed by atoms with Crippen molar-refractivity contribution in [3.8, 4) is 40.2 Å². The molecule has 0 heterocycles. The van der Waals surface area contributed by atoms with Gasteiger partial charge in [-0.25, -0.2) is 9.59 Å². The van der Waals surface area contributed by atoms with Crippen molar-refractivity contribution >= 4 is 58.4 Å². The lowest BCUT2D eigenvalue weighted by atomic mass is 10.0. The van der Waals surface area contributed by atoms with Gasteiger partial charge in [0.25, 0.3) is 17.7 Å². The van der Waals surface area contributed by atoms with E-state index >= 15 is 0 Å². The van der Waals surface area contributed by atoms with Crippen LogP contribution in [-0.4, -0.2) is 71.2 Å². The van der Waals surface area contributed by atoms with E-state index in [1.54, 1.807) is 0 Å². The van der Waals surface area contributed by atoms with Gasteiger partial charge in [0.05, 0.1) is 43.6 Å². The molecule has 66 heavy (non-hydrogen) atoms. The van der Waals surface area contributed by atoms with Crippen LogP contribution in [0.5, 0.6) is 23.0 Å². The number of phenols is 2. The van der Waals surface area contributed by atoms with Crippen LogP contribution in [0, 0.1) is 11.3 Å². The Morgan fingerprint density at radius 1 is 0.591 bits per heavy atom. The molecule has 6 rings (SSSR count). The Morgan fingerprint density at radius 2 is 1.11 bits per heavy atom. The van der Waals surface area contributed by atoms with E-state index in [2.05, 4.69) is 31.9 Å². The number of carbonyl (C=O) groups is 6. The smallest absolute Gasteiger partial charge is 0.339 e.